The minimum atomic E-state index is -1.04. The number of hydrogen-bond acceptors (Lipinski definition) is 11. The number of nitrogens with zero attached hydrogens (tertiary/aromatic N) is 5. The predicted octanol–water partition coefficient (Wildman–Crippen LogP) is 4.72. The van der Waals surface area contributed by atoms with Crippen LogP contribution in [0.4, 0.5) is 17.3 Å². The largest absolute Gasteiger partial charge is 0.383 e. The lowest BCUT2D eigenvalue weighted by Crippen LogP contribution is -2.54. The third-order valence-electron chi connectivity index (χ3n) is 10.9. The first-order valence-corrected chi connectivity index (χ1v) is 19.1. The lowest BCUT2D eigenvalue weighted by atomic mass is 9.73. The van der Waals surface area contributed by atoms with Crippen molar-refractivity contribution in [1.29, 1.82) is 0 Å². The summed E-state index contributed by atoms with van der Waals surface area (Å²) in [6, 6.07) is 16.1. The highest BCUT2D eigenvalue weighted by atomic mass is 16.2. The number of pyridine rings is 1. The molecule has 56 heavy (non-hydrogen) atoms. The Labute approximate surface area is 326 Å². The number of carbonyl (C=O) groups excluding carboxylic acids is 4. The lowest BCUT2D eigenvalue weighted by Gasteiger charge is -2.38. The van der Waals surface area contributed by atoms with Crippen molar-refractivity contribution in [3.8, 4) is 17.1 Å². The first-order chi connectivity index (χ1) is 27.1. The van der Waals surface area contributed by atoms with Crippen molar-refractivity contribution in [2.75, 3.05) is 36.1 Å². The molecule has 2 fully saturated rings. The van der Waals surface area contributed by atoms with Gasteiger partial charge in [-0.05, 0) is 86.6 Å². The Bertz CT molecular complexity index is 2210. The average Bonchev–Trinajstić information content (AvgIpc) is 3.69. The zero-order valence-electron chi connectivity index (χ0n) is 31.8. The summed E-state index contributed by atoms with van der Waals surface area (Å²) < 4.78 is 2.08. The van der Waals surface area contributed by atoms with Crippen LogP contribution in [0.25, 0.3) is 23.2 Å². The molecule has 3 aliphatic rings. The molecule has 4 amide bonds. The van der Waals surface area contributed by atoms with E-state index in [-0.39, 0.29) is 35.7 Å². The van der Waals surface area contributed by atoms with Crippen LogP contribution in [-0.4, -0.2) is 75.4 Å². The van der Waals surface area contributed by atoms with E-state index in [1.54, 1.807) is 30.5 Å². The topological polar surface area (TPSA) is 194 Å². The molecule has 4 heterocycles. The number of piperidine rings is 1. The van der Waals surface area contributed by atoms with Crippen LogP contribution in [0.3, 0.4) is 0 Å². The first kappa shape index (κ1) is 38.2. The van der Waals surface area contributed by atoms with Crippen LogP contribution < -0.4 is 32.3 Å². The highest BCUT2D eigenvalue weighted by Crippen LogP contribution is 2.40. The molecule has 2 unspecified atom stereocenters. The van der Waals surface area contributed by atoms with Crippen molar-refractivity contribution in [2.24, 2.45) is 5.73 Å². The monoisotopic (exact) mass is 756 g/mol. The van der Waals surface area contributed by atoms with Crippen LogP contribution in [0.1, 0.15) is 83.8 Å². The molecule has 4 aromatic rings. The fourth-order valence-corrected chi connectivity index (χ4v) is 7.74. The number of fused-ring (bicyclic) bond motifs is 1. The number of aromatic nitrogens is 3. The van der Waals surface area contributed by atoms with Gasteiger partial charge in [-0.1, -0.05) is 43.9 Å². The molecule has 0 radical (unpaired) electrons. The molecule has 7 rings (SSSR count). The summed E-state index contributed by atoms with van der Waals surface area (Å²) in [5, 5.41) is 9.26. The molecule has 2 aromatic heterocycles. The first-order valence-electron chi connectivity index (χ1n) is 19.1. The fraction of sp³-hybridized carbons (Fsp3) is 0.333. The number of hydrogen-bond donors (Lipinski definition) is 5. The summed E-state index contributed by atoms with van der Waals surface area (Å²) >= 11 is 0. The number of carbonyl (C=O) groups is 4. The Kier molecular flexibility index (Phi) is 10.9. The maximum atomic E-state index is 13.6. The zero-order chi connectivity index (χ0) is 39.6. The van der Waals surface area contributed by atoms with Crippen molar-refractivity contribution >= 4 is 47.0 Å². The minimum Gasteiger partial charge on any atom is -0.383 e. The summed E-state index contributed by atoms with van der Waals surface area (Å²) in [4.78, 5) is 63.9. The van der Waals surface area contributed by atoms with Gasteiger partial charge in [0.25, 0.3) is 11.8 Å². The van der Waals surface area contributed by atoms with Gasteiger partial charge in [-0.3, -0.25) is 39.3 Å². The van der Waals surface area contributed by atoms with E-state index in [1.165, 1.54) is 0 Å². The van der Waals surface area contributed by atoms with Crippen LogP contribution in [0.15, 0.2) is 79.5 Å². The van der Waals surface area contributed by atoms with Gasteiger partial charge in [0, 0.05) is 49.7 Å². The number of imide groups is 2. The van der Waals surface area contributed by atoms with E-state index in [0.29, 0.717) is 48.1 Å². The Morgan fingerprint density at radius 2 is 1.80 bits per heavy atom. The molecule has 14 heteroatoms. The van der Waals surface area contributed by atoms with Crippen LogP contribution >= 0.6 is 0 Å². The maximum Gasteiger partial charge on any atom is 0.264 e. The van der Waals surface area contributed by atoms with Gasteiger partial charge < -0.3 is 21.7 Å². The van der Waals surface area contributed by atoms with E-state index >= 15 is 0 Å². The third kappa shape index (κ3) is 7.08. The predicted molar refractivity (Wildman–Crippen MR) is 217 cm³/mol. The molecule has 2 atom stereocenters. The molecule has 1 saturated heterocycles. The Morgan fingerprint density at radius 3 is 2.48 bits per heavy atom. The van der Waals surface area contributed by atoms with Gasteiger partial charge in [0.05, 0.1) is 22.9 Å². The maximum absolute atomic E-state index is 13.6. The molecular formula is C42H48N10O4. The molecule has 1 saturated carbocycles. The zero-order valence-corrected chi connectivity index (χ0v) is 31.8. The van der Waals surface area contributed by atoms with Gasteiger partial charge in [0.2, 0.25) is 11.8 Å². The van der Waals surface area contributed by atoms with Crippen LogP contribution in [0.2, 0.25) is 0 Å². The van der Waals surface area contributed by atoms with Gasteiger partial charge in [-0.25, -0.2) is 9.97 Å². The molecule has 14 nitrogen and oxygen atoms in total. The highest BCUT2D eigenvalue weighted by Gasteiger charge is 2.45. The van der Waals surface area contributed by atoms with Crippen molar-refractivity contribution in [3.05, 3.63) is 102 Å². The number of nitrogens with two attached hydrogens (primary N) is 2. The molecule has 290 valence electrons. The van der Waals surface area contributed by atoms with Crippen molar-refractivity contribution in [2.45, 2.75) is 69.6 Å². The van der Waals surface area contributed by atoms with Gasteiger partial charge in [0.15, 0.2) is 5.82 Å². The Morgan fingerprint density at radius 1 is 1.04 bits per heavy atom. The Hall–Kier alpha value is -6.12. The number of allylic oxidation sites excluding steroid dienone is 1. The van der Waals surface area contributed by atoms with Crippen molar-refractivity contribution in [1.82, 2.24) is 30.1 Å². The summed E-state index contributed by atoms with van der Waals surface area (Å²) in [5.41, 5.74) is 17.1. The summed E-state index contributed by atoms with van der Waals surface area (Å²) in [6.07, 6.45) is 12.2. The smallest absolute Gasteiger partial charge is 0.264 e. The Balaban J connectivity index is 1.15. The van der Waals surface area contributed by atoms with Crippen LogP contribution in [0.5, 0.6) is 0 Å². The van der Waals surface area contributed by atoms with E-state index in [1.807, 2.05) is 19.2 Å². The normalized spacial score (nSPS) is 18.1. The number of rotatable bonds is 15. The molecular weight excluding hydrogens is 709 g/mol. The van der Waals surface area contributed by atoms with E-state index in [4.69, 9.17) is 16.5 Å². The number of nitrogens with one attached hydrogen (secondary N) is 3. The summed E-state index contributed by atoms with van der Waals surface area (Å²) in [6.45, 7) is 7.10. The third-order valence-corrected chi connectivity index (χ3v) is 10.9. The summed E-state index contributed by atoms with van der Waals surface area (Å²) in [7, 11) is 2.01. The van der Waals surface area contributed by atoms with Gasteiger partial charge >= 0.3 is 0 Å². The average molecular weight is 757 g/mol. The highest BCUT2D eigenvalue weighted by molar-refractivity contribution is 6.25. The van der Waals surface area contributed by atoms with E-state index in [9.17, 15) is 19.2 Å². The number of benzene rings is 2. The second-order valence-electron chi connectivity index (χ2n) is 14.5. The second kappa shape index (κ2) is 15.9. The van der Waals surface area contributed by atoms with Crippen LogP contribution in [0, 0.1) is 0 Å². The molecule has 0 spiro atoms. The van der Waals surface area contributed by atoms with Crippen molar-refractivity contribution < 1.29 is 19.2 Å². The number of nitrogen functional groups attached to an aromatic ring is 1. The second-order valence-corrected chi connectivity index (χ2v) is 14.5. The number of amides is 4. The minimum absolute atomic E-state index is 0.0543. The SMILES string of the molecule is C=Cc1nc(-c2cccnc2N)n(-c2ccc(C3(N)CCC3)cc2)c1N(C)C(C/C=C\CC)NCCNc1cccc2c1C(=O)N(C1CCC(=O)NC1=O)C2=O. The lowest BCUT2D eigenvalue weighted by molar-refractivity contribution is -0.136. The van der Waals surface area contributed by atoms with Crippen molar-refractivity contribution in [3.63, 3.8) is 0 Å². The molecule has 2 aromatic carbocycles. The quantitative estimate of drug-likeness (QED) is 0.0488. The fourth-order valence-electron chi connectivity index (χ4n) is 7.74. The molecule has 1 aliphatic carbocycles. The molecule has 2 aliphatic heterocycles. The van der Waals surface area contributed by atoms with E-state index in [0.717, 1.165) is 47.7 Å². The number of imidazole rings is 1. The van der Waals surface area contributed by atoms with E-state index < -0.39 is 29.7 Å². The standard InChI is InChI=1S/C42H48N10O4/c1-4-6-7-14-33(46-25-24-45-31-13-8-11-28-35(31)41(56)52(40(28)55)32-19-20-34(53)49-38(32)54)50(3)39-30(5-2)48-37(29-12-9-23-47-36(29)43)51(39)27-17-15-26(16-18-27)42(44)21-10-22-42/h5-9,11-13,15-18,23,32-33,45-46H,2,4,10,14,19-22,24-25,44H2,1,3H3,(H2,43,47)(H,49,53,54)/b7-6-. The summed E-state index contributed by atoms with van der Waals surface area (Å²) in [5.74, 6) is -0.393. The molecule has 7 N–H and O–H groups in total. The van der Waals surface area contributed by atoms with Gasteiger partial charge in [-0.2, -0.15) is 0 Å². The van der Waals surface area contributed by atoms with Gasteiger partial charge in [-0.15, -0.1) is 0 Å². The van der Waals surface area contributed by atoms with E-state index in [2.05, 4.69) is 80.3 Å². The number of anilines is 3. The van der Waals surface area contributed by atoms with Crippen LogP contribution in [-0.2, 0) is 15.1 Å². The molecule has 0 bridgehead atoms. The van der Waals surface area contributed by atoms with Gasteiger partial charge in [0.1, 0.15) is 23.4 Å².